The summed E-state index contributed by atoms with van der Waals surface area (Å²) >= 11 is 0. The topological polar surface area (TPSA) is 85.0 Å². The van der Waals surface area contributed by atoms with Crippen LogP contribution in [0.3, 0.4) is 0 Å². The minimum absolute atomic E-state index is 0.183. The van der Waals surface area contributed by atoms with Gasteiger partial charge in [-0.2, -0.15) is 5.10 Å². The Labute approximate surface area is 185 Å². The van der Waals surface area contributed by atoms with Gasteiger partial charge in [-0.3, -0.25) is 19.9 Å². The van der Waals surface area contributed by atoms with Crippen LogP contribution in [0.4, 0.5) is 0 Å². The molecule has 0 aromatic heterocycles. The maximum absolute atomic E-state index is 13.7. The zero-order chi connectivity index (χ0) is 22.2. The van der Waals surface area contributed by atoms with E-state index in [1.807, 2.05) is 30.3 Å². The number of carbonyl (C=O) groups is 1. The molecule has 5 rings (SSSR count). The maximum Gasteiger partial charge on any atom is 0.248 e. The SMILES string of the molecule is COc1ccc([C@@H]2[C@@H]([N+](=O)[O-])[C@H]3c4ccccc4C=NN3[C@H]2C(=O)c2ccccc2)cc1. The molecule has 7 heteroatoms. The molecule has 1 fully saturated rings. The van der Waals surface area contributed by atoms with Crippen molar-refractivity contribution in [2.24, 2.45) is 5.10 Å². The summed E-state index contributed by atoms with van der Waals surface area (Å²) in [6.07, 6.45) is 1.69. The van der Waals surface area contributed by atoms with E-state index in [9.17, 15) is 14.9 Å². The van der Waals surface area contributed by atoms with E-state index in [0.29, 0.717) is 16.9 Å². The Morgan fingerprint density at radius 1 is 1.00 bits per heavy atom. The summed E-state index contributed by atoms with van der Waals surface area (Å²) in [5, 5.41) is 18.7. The Hall–Kier alpha value is -4.00. The van der Waals surface area contributed by atoms with Gasteiger partial charge in [0.25, 0.3) is 0 Å². The van der Waals surface area contributed by atoms with Crippen LogP contribution >= 0.6 is 0 Å². The van der Waals surface area contributed by atoms with Crippen molar-refractivity contribution < 1.29 is 14.5 Å². The van der Waals surface area contributed by atoms with Crippen LogP contribution in [-0.4, -0.2) is 41.1 Å². The molecule has 3 aromatic rings. The van der Waals surface area contributed by atoms with E-state index in [1.165, 1.54) is 0 Å². The van der Waals surface area contributed by atoms with E-state index < -0.39 is 24.0 Å². The molecule has 0 saturated carbocycles. The quantitative estimate of drug-likeness (QED) is 0.348. The first kappa shape index (κ1) is 19.9. The highest BCUT2D eigenvalue weighted by molar-refractivity contribution is 6.01. The van der Waals surface area contributed by atoms with E-state index in [1.54, 1.807) is 66.9 Å². The van der Waals surface area contributed by atoms with Gasteiger partial charge in [0, 0.05) is 16.1 Å². The van der Waals surface area contributed by atoms with Crippen LogP contribution in [0.25, 0.3) is 0 Å². The lowest BCUT2D eigenvalue weighted by Crippen LogP contribution is -2.38. The first-order valence-electron chi connectivity index (χ1n) is 10.4. The molecule has 1 saturated heterocycles. The van der Waals surface area contributed by atoms with E-state index in [0.717, 1.165) is 11.1 Å². The average molecular weight is 427 g/mol. The lowest BCUT2D eigenvalue weighted by molar-refractivity contribution is -0.529. The molecule has 0 bridgehead atoms. The third kappa shape index (κ3) is 3.13. The van der Waals surface area contributed by atoms with Crippen LogP contribution in [0.15, 0.2) is 84.0 Å². The number of ether oxygens (including phenoxy) is 1. The highest BCUT2D eigenvalue weighted by Crippen LogP contribution is 2.49. The van der Waals surface area contributed by atoms with Crippen molar-refractivity contribution in [2.75, 3.05) is 7.11 Å². The molecule has 0 N–H and O–H groups in total. The number of hydrogen-bond donors (Lipinski definition) is 0. The summed E-state index contributed by atoms with van der Waals surface area (Å²) in [5.41, 5.74) is 2.87. The first-order valence-corrected chi connectivity index (χ1v) is 10.4. The molecule has 2 aliphatic rings. The molecular formula is C25H21N3O4. The van der Waals surface area contributed by atoms with Gasteiger partial charge in [-0.1, -0.05) is 66.7 Å². The number of nitrogens with zero attached hydrogens (tertiary/aromatic N) is 3. The summed E-state index contributed by atoms with van der Waals surface area (Å²) in [6.45, 7) is 0. The van der Waals surface area contributed by atoms with Crippen molar-refractivity contribution in [3.8, 4) is 5.75 Å². The maximum atomic E-state index is 13.7. The minimum atomic E-state index is -1.04. The van der Waals surface area contributed by atoms with Gasteiger partial charge in [0.05, 0.1) is 19.2 Å². The van der Waals surface area contributed by atoms with Crippen molar-refractivity contribution in [1.82, 2.24) is 5.01 Å². The predicted octanol–water partition coefficient (Wildman–Crippen LogP) is 4.08. The van der Waals surface area contributed by atoms with Gasteiger partial charge in [0.15, 0.2) is 5.78 Å². The van der Waals surface area contributed by atoms with Gasteiger partial charge in [-0.05, 0) is 23.3 Å². The van der Waals surface area contributed by atoms with Gasteiger partial charge >= 0.3 is 0 Å². The number of ketones is 1. The lowest BCUT2D eigenvalue weighted by atomic mass is 9.82. The van der Waals surface area contributed by atoms with Crippen LogP contribution in [0.1, 0.15) is 39.0 Å². The summed E-state index contributed by atoms with van der Waals surface area (Å²) in [4.78, 5) is 25.9. The molecule has 160 valence electrons. The first-order chi connectivity index (χ1) is 15.6. The molecule has 0 radical (unpaired) electrons. The molecule has 0 unspecified atom stereocenters. The van der Waals surface area contributed by atoms with Gasteiger partial charge in [-0.25, -0.2) is 0 Å². The van der Waals surface area contributed by atoms with Gasteiger partial charge in [0.1, 0.15) is 17.8 Å². The highest BCUT2D eigenvalue weighted by atomic mass is 16.6. The molecule has 2 heterocycles. The minimum Gasteiger partial charge on any atom is -0.497 e. The van der Waals surface area contributed by atoms with Crippen LogP contribution in [0.2, 0.25) is 0 Å². The third-order valence-corrected chi connectivity index (χ3v) is 6.32. The van der Waals surface area contributed by atoms with Crippen molar-refractivity contribution in [1.29, 1.82) is 0 Å². The zero-order valence-corrected chi connectivity index (χ0v) is 17.4. The van der Waals surface area contributed by atoms with Crippen LogP contribution in [-0.2, 0) is 0 Å². The van der Waals surface area contributed by atoms with E-state index in [-0.39, 0.29) is 10.7 Å². The van der Waals surface area contributed by atoms with Gasteiger partial charge in [-0.15, -0.1) is 0 Å². The summed E-state index contributed by atoms with van der Waals surface area (Å²) in [5.74, 6) is -0.217. The summed E-state index contributed by atoms with van der Waals surface area (Å²) in [7, 11) is 1.57. The Balaban J connectivity index is 1.69. The van der Waals surface area contributed by atoms with E-state index in [4.69, 9.17) is 4.74 Å². The Morgan fingerprint density at radius 2 is 1.69 bits per heavy atom. The Morgan fingerprint density at radius 3 is 2.38 bits per heavy atom. The lowest BCUT2D eigenvalue weighted by Gasteiger charge is -2.30. The third-order valence-electron chi connectivity index (χ3n) is 6.32. The molecule has 0 aliphatic carbocycles. The molecule has 7 nitrogen and oxygen atoms in total. The summed E-state index contributed by atoms with van der Waals surface area (Å²) in [6, 6.07) is 21.1. The molecule has 0 amide bonds. The molecule has 2 aliphatic heterocycles. The van der Waals surface area contributed by atoms with E-state index >= 15 is 0 Å². The number of hydrazone groups is 1. The number of Topliss-reactive ketones (excluding diaryl/α,β-unsaturated/α-hetero) is 1. The number of nitro groups is 1. The summed E-state index contributed by atoms with van der Waals surface area (Å²) < 4.78 is 5.26. The normalized spacial score (nSPS) is 23.3. The molecule has 0 spiro atoms. The second-order valence-corrected chi connectivity index (χ2v) is 7.95. The Bertz CT molecular complexity index is 1190. The second-order valence-electron chi connectivity index (χ2n) is 7.95. The van der Waals surface area contributed by atoms with Gasteiger partial charge < -0.3 is 4.74 Å². The van der Waals surface area contributed by atoms with Crippen LogP contribution < -0.4 is 4.74 Å². The number of rotatable bonds is 5. The average Bonchev–Trinajstić information content (AvgIpc) is 3.20. The fourth-order valence-electron chi connectivity index (χ4n) is 4.88. The van der Waals surface area contributed by atoms with E-state index in [2.05, 4.69) is 5.10 Å². The smallest absolute Gasteiger partial charge is 0.248 e. The number of hydrogen-bond acceptors (Lipinski definition) is 6. The fraction of sp³-hybridized carbons (Fsp3) is 0.200. The van der Waals surface area contributed by atoms with Crippen molar-refractivity contribution in [2.45, 2.75) is 24.0 Å². The molecular weight excluding hydrogens is 406 g/mol. The molecule has 4 atom stereocenters. The molecule has 32 heavy (non-hydrogen) atoms. The van der Waals surface area contributed by atoms with Crippen molar-refractivity contribution in [3.63, 3.8) is 0 Å². The monoisotopic (exact) mass is 427 g/mol. The molecule has 3 aromatic carbocycles. The largest absolute Gasteiger partial charge is 0.497 e. The zero-order valence-electron chi connectivity index (χ0n) is 17.4. The number of benzene rings is 3. The number of carbonyl (C=O) groups excluding carboxylic acids is 1. The van der Waals surface area contributed by atoms with Crippen molar-refractivity contribution in [3.05, 3.63) is 111 Å². The second kappa shape index (κ2) is 7.92. The number of methoxy groups -OCH3 is 1. The van der Waals surface area contributed by atoms with Crippen molar-refractivity contribution >= 4 is 12.0 Å². The highest BCUT2D eigenvalue weighted by Gasteiger charge is 2.60. The predicted molar refractivity (Wildman–Crippen MR) is 120 cm³/mol. The fourth-order valence-corrected chi connectivity index (χ4v) is 4.88. The standard InChI is InChI=1S/C25H21N3O4/c1-32-19-13-11-16(12-14-19)21-23(28(30)31)22-20-10-6-5-9-18(20)15-26-27(22)24(21)25(29)17-7-3-2-4-8-17/h2-15,21-24H,1H3/t21-,22-,23-,24-/m1/s1. The Kier molecular flexibility index (Phi) is 4.93. The number of fused-ring (bicyclic) bond motifs is 3. The van der Waals surface area contributed by atoms with Crippen LogP contribution in [0.5, 0.6) is 5.75 Å². The van der Waals surface area contributed by atoms with Gasteiger partial charge in [0.2, 0.25) is 6.04 Å². The van der Waals surface area contributed by atoms with Crippen LogP contribution in [0, 0.1) is 10.1 Å².